The third-order valence-electron chi connectivity index (χ3n) is 3.56. The zero-order valence-corrected chi connectivity index (χ0v) is 11.5. The highest BCUT2D eigenvalue weighted by atomic mass is 16.3. The van der Waals surface area contributed by atoms with Crippen molar-refractivity contribution in [2.45, 2.75) is 12.8 Å². The summed E-state index contributed by atoms with van der Waals surface area (Å²) in [5.74, 6) is 1.28. The molecule has 2 rings (SSSR count). The molecule has 0 aliphatic carbocycles. The van der Waals surface area contributed by atoms with Gasteiger partial charge in [0.25, 0.3) is 5.91 Å². The minimum atomic E-state index is 0.0611. The average molecular weight is 263 g/mol. The molecule has 1 aromatic heterocycles. The van der Waals surface area contributed by atoms with Crippen molar-refractivity contribution < 1.29 is 9.90 Å². The highest BCUT2D eigenvalue weighted by Gasteiger charge is 2.26. The van der Waals surface area contributed by atoms with Crippen molar-refractivity contribution in [3.63, 3.8) is 0 Å². The van der Waals surface area contributed by atoms with Crippen molar-refractivity contribution in [3.05, 3.63) is 23.9 Å². The molecule has 0 spiro atoms. The maximum Gasteiger partial charge on any atom is 0.254 e. The normalized spacial score (nSPS) is 18.7. The lowest BCUT2D eigenvalue weighted by Gasteiger charge is -2.18. The van der Waals surface area contributed by atoms with Crippen LogP contribution in [0.1, 0.15) is 23.2 Å². The highest BCUT2D eigenvalue weighted by molar-refractivity contribution is 5.95. The monoisotopic (exact) mass is 263 g/mol. The van der Waals surface area contributed by atoms with Crippen molar-refractivity contribution in [1.82, 2.24) is 9.88 Å². The molecule has 0 aromatic carbocycles. The van der Waals surface area contributed by atoms with Gasteiger partial charge in [-0.3, -0.25) is 4.79 Å². The molecule has 0 radical (unpaired) electrons. The van der Waals surface area contributed by atoms with E-state index in [9.17, 15) is 4.79 Å². The molecule has 2 heterocycles. The number of rotatable bonds is 4. The summed E-state index contributed by atoms with van der Waals surface area (Å²) in [5.41, 5.74) is 0.684. The van der Waals surface area contributed by atoms with Crippen LogP contribution >= 0.6 is 0 Å². The van der Waals surface area contributed by atoms with E-state index in [1.165, 1.54) is 0 Å². The second-order valence-electron chi connectivity index (χ2n) is 5.22. The van der Waals surface area contributed by atoms with Gasteiger partial charge in [0.2, 0.25) is 0 Å². The summed E-state index contributed by atoms with van der Waals surface area (Å²) < 4.78 is 0. The second kappa shape index (κ2) is 6.02. The Morgan fingerprint density at radius 3 is 3.05 bits per heavy atom. The van der Waals surface area contributed by atoms with Gasteiger partial charge in [0.15, 0.2) is 0 Å². The number of aliphatic hydroxyl groups is 1. The zero-order chi connectivity index (χ0) is 13.8. The summed E-state index contributed by atoms with van der Waals surface area (Å²) in [7, 11) is 3.81. The first-order valence-electron chi connectivity index (χ1n) is 6.65. The maximum absolute atomic E-state index is 12.4. The van der Waals surface area contributed by atoms with Gasteiger partial charge in [-0.25, -0.2) is 4.98 Å². The van der Waals surface area contributed by atoms with Gasteiger partial charge in [0.1, 0.15) is 5.82 Å². The molecule has 1 fully saturated rings. The minimum Gasteiger partial charge on any atom is -0.396 e. The van der Waals surface area contributed by atoms with Crippen molar-refractivity contribution in [2.75, 3.05) is 38.7 Å². The molecular formula is C14H21N3O2. The number of anilines is 1. The van der Waals surface area contributed by atoms with Crippen molar-refractivity contribution in [3.8, 4) is 0 Å². The van der Waals surface area contributed by atoms with Crippen LogP contribution in [0.15, 0.2) is 18.3 Å². The summed E-state index contributed by atoms with van der Waals surface area (Å²) in [4.78, 5) is 20.4. The van der Waals surface area contributed by atoms with Crippen LogP contribution in [0.25, 0.3) is 0 Å². The molecule has 19 heavy (non-hydrogen) atoms. The van der Waals surface area contributed by atoms with Gasteiger partial charge in [0, 0.05) is 45.6 Å². The largest absolute Gasteiger partial charge is 0.396 e. The third kappa shape index (κ3) is 3.23. The van der Waals surface area contributed by atoms with Gasteiger partial charge in [-0.05, 0) is 30.9 Å². The number of hydrogen-bond acceptors (Lipinski definition) is 4. The number of amides is 1. The van der Waals surface area contributed by atoms with E-state index in [0.717, 1.165) is 31.7 Å². The van der Waals surface area contributed by atoms with E-state index in [-0.39, 0.29) is 12.5 Å². The molecule has 1 unspecified atom stereocenters. The Kier molecular flexibility index (Phi) is 4.37. The van der Waals surface area contributed by atoms with Crippen LogP contribution in [0.5, 0.6) is 0 Å². The summed E-state index contributed by atoms with van der Waals surface area (Å²) in [6.45, 7) is 1.73. The van der Waals surface area contributed by atoms with Crippen LogP contribution in [-0.4, -0.2) is 54.7 Å². The number of nitrogens with zero attached hydrogens (tertiary/aromatic N) is 3. The van der Waals surface area contributed by atoms with Crippen LogP contribution in [-0.2, 0) is 0 Å². The van der Waals surface area contributed by atoms with Crippen LogP contribution in [0, 0.1) is 5.92 Å². The number of pyridine rings is 1. The van der Waals surface area contributed by atoms with Gasteiger partial charge in [-0.15, -0.1) is 0 Å². The standard InChI is InChI=1S/C14H21N3O2/c1-16(2)13-9-12(3-6-15-13)14(19)17-7-4-11(10-17)5-8-18/h3,6,9,11,18H,4-5,7-8,10H2,1-2H3. The lowest BCUT2D eigenvalue weighted by molar-refractivity contribution is 0.0784. The number of aromatic nitrogens is 1. The number of carbonyl (C=O) groups excluding carboxylic acids is 1. The number of likely N-dealkylation sites (tertiary alicyclic amines) is 1. The van der Waals surface area contributed by atoms with Gasteiger partial charge in [-0.1, -0.05) is 0 Å². The van der Waals surface area contributed by atoms with Gasteiger partial charge < -0.3 is 14.9 Å². The van der Waals surface area contributed by atoms with Crippen LogP contribution in [0.3, 0.4) is 0 Å². The first-order valence-corrected chi connectivity index (χ1v) is 6.65. The van der Waals surface area contributed by atoms with E-state index in [1.807, 2.05) is 30.0 Å². The summed E-state index contributed by atoms with van der Waals surface area (Å²) in [6.07, 6.45) is 3.44. The fourth-order valence-electron chi connectivity index (χ4n) is 2.41. The number of carbonyl (C=O) groups is 1. The Bertz CT molecular complexity index is 448. The Morgan fingerprint density at radius 2 is 2.37 bits per heavy atom. The number of aliphatic hydroxyl groups excluding tert-OH is 1. The minimum absolute atomic E-state index is 0.0611. The van der Waals surface area contributed by atoms with Crippen molar-refractivity contribution in [2.24, 2.45) is 5.92 Å². The Morgan fingerprint density at radius 1 is 1.58 bits per heavy atom. The Hall–Kier alpha value is -1.62. The molecule has 1 aromatic rings. The van der Waals surface area contributed by atoms with E-state index >= 15 is 0 Å². The molecule has 1 saturated heterocycles. The highest BCUT2D eigenvalue weighted by Crippen LogP contribution is 2.21. The smallest absolute Gasteiger partial charge is 0.254 e. The average Bonchev–Trinajstić information content (AvgIpc) is 2.87. The Labute approximate surface area is 113 Å². The van der Waals surface area contributed by atoms with E-state index in [2.05, 4.69) is 4.98 Å². The second-order valence-corrected chi connectivity index (χ2v) is 5.22. The lowest BCUT2D eigenvalue weighted by Crippen LogP contribution is -2.29. The van der Waals surface area contributed by atoms with Crippen LogP contribution in [0.4, 0.5) is 5.82 Å². The molecule has 0 saturated carbocycles. The van der Waals surface area contributed by atoms with E-state index < -0.39 is 0 Å². The number of hydrogen-bond donors (Lipinski definition) is 1. The third-order valence-corrected chi connectivity index (χ3v) is 3.56. The maximum atomic E-state index is 12.4. The van der Waals surface area contributed by atoms with Crippen molar-refractivity contribution >= 4 is 11.7 Å². The molecule has 1 aliphatic heterocycles. The first kappa shape index (κ1) is 13.8. The van der Waals surface area contributed by atoms with Gasteiger partial charge in [-0.2, -0.15) is 0 Å². The fourth-order valence-corrected chi connectivity index (χ4v) is 2.41. The topological polar surface area (TPSA) is 56.7 Å². The summed E-state index contributed by atoms with van der Waals surface area (Å²) in [6, 6.07) is 3.58. The van der Waals surface area contributed by atoms with Gasteiger partial charge >= 0.3 is 0 Å². The summed E-state index contributed by atoms with van der Waals surface area (Å²) in [5, 5.41) is 8.95. The van der Waals surface area contributed by atoms with E-state index in [1.54, 1.807) is 12.3 Å². The Balaban J connectivity index is 2.06. The quantitative estimate of drug-likeness (QED) is 0.880. The van der Waals surface area contributed by atoms with E-state index in [0.29, 0.717) is 11.5 Å². The molecule has 104 valence electrons. The molecule has 1 N–H and O–H groups in total. The SMILES string of the molecule is CN(C)c1cc(C(=O)N2CCC(CCO)C2)ccn1. The lowest BCUT2D eigenvalue weighted by atomic mass is 10.1. The molecule has 1 atom stereocenters. The molecule has 1 amide bonds. The van der Waals surface area contributed by atoms with Gasteiger partial charge in [0.05, 0.1) is 0 Å². The molecule has 5 nitrogen and oxygen atoms in total. The zero-order valence-electron chi connectivity index (χ0n) is 11.5. The molecule has 0 bridgehead atoms. The predicted molar refractivity (Wildman–Crippen MR) is 74.3 cm³/mol. The summed E-state index contributed by atoms with van der Waals surface area (Å²) >= 11 is 0. The van der Waals surface area contributed by atoms with E-state index in [4.69, 9.17) is 5.11 Å². The van der Waals surface area contributed by atoms with Crippen molar-refractivity contribution in [1.29, 1.82) is 0 Å². The van der Waals surface area contributed by atoms with Crippen LogP contribution in [0.2, 0.25) is 0 Å². The predicted octanol–water partition coefficient (Wildman–Crippen LogP) is 0.992. The van der Waals surface area contributed by atoms with Crippen LogP contribution < -0.4 is 4.90 Å². The first-order chi connectivity index (χ1) is 9.11. The molecule has 5 heteroatoms. The fraction of sp³-hybridized carbons (Fsp3) is 0.571. The molecular weight excluding hydrogens is 242 g/mol. The molecule has 1 aliphatic rings.